The molecular formula is C20H22N4OS. The fourth-order valence-electron chi connectivity index (χ4n) is 2.53. The quantitative estimate of drug-likeness (QED) is 0.653. The number of aryl methyl sites for hydroxylation is 1. The molecule has 0 unspecified atom stereocenters. The van der Waals surface area contributed by atoms with E-state index in [1.54, 1.807) is 6.21 Å². The van der Waals surface area contributed by atoms with Gasteiger partial charge in [-0.2, -0.15) is 5.10 Å². The first-order chi connectivity index (χ1) is 12.5. The fourth-order valence-corrected chi connectivity index (χ4v) is 3.50. The third-order valence-electron chi connectivity index (χ3n) is 4.08. The second-order valence-corrected chi connectivity index (χ2v) is 7.61. The number of nitrogens with one attached hydrogen (secondary N) is 1. The summed E-state index contributed by atoms with van der Waals surface area (Å²) in [6, 6.07) is 16.3. The van der Waals surface area contributed by atoms with Crippen LogP contribution in [0, 0.1) is 6.92 Å². The lowest BCUT2D eigenvalue weighted by Gasteiger charge is -2.11. The Balaban J connectivity index is 1.59. The third-order valence-corrected chi connectivity index (χ3v) is 5.16. The molecule has 1 heterocycles. The number of rotatable bonds is 5. The summed E-state index contributed by atoms with van der Waals surface area (Å²) in [6.45, 7) is 2.05. The highest BCUT2D eigenvalue weighted by Gasteiger charge is 2.30. The van der Waals surface area contributed by atoms with Gasteiger partial charge in [0.15, 0.2) is 5.17 Å². The third kappa shape index (κ3) is 4.73. The van der Waals surface area contributed by atoms with E-state index >= 15 is 0 Å². The average molecular weight is 366 g/mol. The summed E-state index contributed by atoms with van der Waals surface area (Å²) >= 11 is 1.43. The number of anilines is 1. The molecule has 1 fully saturated rings. The van der Waals surface area contributed by atoms with Crippen molar-refractivity contribution in [3.63, 3.8) is 0 Å². The maximum atomic E-state index is 12.1. The summed E-state index contributed by atoms with van der Waals surface area (Å²) < 4.78 is 0. The molecule has 1 saturated heterocycles. The van der Waals surface area contributed by atoms with Crippen LogP contribution in [-0.2, 0) is 11.2 Å². The Morgan fingerprint density at radius 1 is 1.12 bits per heavy atom. The van der Waals surface area contributed by atoms with Gasteiger partial charge in [-0.15, -0.1) is 5.10 Å². The molecule has 1 amide bonds. The smallest absolute Gasteiger partial charge is 0.239 e. The molecule has 0 aliphatic carbocycles. The molecule has 0 aromatic heterocycles. The van der Waals surface area contributed by atoms with Crippen LogP contribution in [0.4, 0.5) is 5.69 Å². The van der Waals surface area contributed by atoms with Crippen LogP contribution in [0.25, 0.3) is 0 Å². The fraction of sp³-hybridized carbons (Fsp3) is 0.250. The van der Waals surface area contributed by atoms with Crippen molar-refractivity contribution in [2.24, 2.45) is 10.2 Å². The van der Waals surface area contributed by atoms with E-state index in [0.29, 0.717) is 11.6 Å². The SMILES string of the molecule is Cc1ccc(C[C@H]2S/C(=N/N=C\c3ccc(N(C)C)cc3)NC2=O)cc1. The van der Waals surface area contributed by atoms with Crippen molar-refractivity contribution in [1.82, 2.24) is 5.32 Å². The van der Waals surface area contributed by atoms with Crippen LogP contribution in [0.5, 0.6) is 0 Å². The monoisotopic (exact) mass is 366 g/mol. The van der Waals surface area contributed by atoms with Gasteiger partial charge in [-0.1, -0.05) is 53.7 Å². The summed E-state index contributed by atoms with van der Waals surface area (Å²) in [5, 5.41) is 11.4. The molecule has 3 rings (SSSR count). The molecule has 2 aromatic rings. The van der Waals surface area contributed by atoms with E-state index in [1.165, 1.54) is 17.3 Å². The van der Waals surface area contributed by atoms with Crippen LogP contribution >= 0.6 is 11.8 Å². The first-order valence-corrected chi connectivity index (χ1v) is 9.31. The summed E-state index contributed by atoms with van der Waals surface area (Å²) in [5.74, 6) is -0.0140. The van der Waals surface area contributed by atoms with E-state index in [9.17, 15) is 4.79 Å². The number of nitrogens with zero attached hydrogens (tertiary/aromatic N) is 3. The van der Waals surface area contributed by atoms with Gasteiger partial charge in [0.05, 0.1) is 11.5 Å². The van der Waals surface area contributed by atoms with E-state index in [2.05, 4.69) is 46.7 Å². The number of benzene rings is 2. The van der Waals surface area contributed by atoms with Crippen LogP contribution in [-0.4, -0.2) is 36.6 Å². The molecule has 0 spiro atoms. The summed E-state index contributed by atoms with van der Waals surface area (Å²) in [5.41, 5.74) is 4.46. The lowest BCUT2D eigenvalue weighted by molar-refractivity contribution is -0.118. The minimum atomic E-state index is -0.161. The molecule has 134 valence electrons. The van der Waals surface area contributed by atoms with Crippen molar-refractivity contribution >= 4 is 34.7 Å². The highest BCUT2D eigenvalue weighted by Crippen LogP contribution is 2.23. The van der Waals surface area contributed by atoms with Gasteiger partial charge in [-0.05, 0) is 36.6 Å². The van der Waals surface area contributed by atoms with E-state index in [1.807, 2.05) is 43.3 Å². The zero-order chi connectivity index (χ0) is 18.5. The summed E-state index contributed by atoms with van der Waals surface area (Å²) in [6.07, 6.45) is 2.37. The van der Waals surface area contributed by atoms with Gasteiger partial charge in [0, 0.05) is 19.8 Å². The number of hydrogen-bond acceptors (Lipinski definition) is 5. The van der Waals surface area contributed by atoms with Gasteiger partial charge in [0.2, 0.25) is 5.91 Å². The standard InChI is InChI=1S/C20H22N4OS/c1-14-4-6-15(7-5-14)12-18-19(25)22-20(26-18)23-21-13-16-8-10-17(11-9-16)24(2)3/h4-11,13,18H,12H2,1-3H3,(H,22,23,25)/b21-13-/t18-/m1/s1. The van der Waals surface area contributed by atoms with Gasteiger partial charge >= 0.3 is 0 Å². The van der Waals surface area contributed by atoms with Crippen LogP contribution in [0.3, 0.4) is 0 Å². The summed E-state index contributed by atoms with van der Waals surface area (Å²) in [7, 11) is 4.00. The minimum Gasteiger partial charge on any atom is -0.378 e. The second-order valence-electron chi connectivity index (χ2n) is 6.42. The lowest BCUT2D eigenvalue weighted by Crippen LogP contribution is -2.25. The predicted octanol–water partition coefficient (Wildman–Crippen LogP) is 3.23. The lowest BCUT2D eigenvalue weighted by atomic mass is 10.1. The number of amidine groups is 1. The van der Waals surface area contributed by atoms with Gasteiger partial charge in [-0.3, -0.25) is 4.79 Å². The number of thioether (sulfide) groups is 1. The van der Waals surface area contributed by atoms with Crippen LogP contribution in [0.1, 0.15) is 16.7 Å². The van der Waals surface area contributed by atoms with Crippen LogP contribution in [0.15, 0.2) is 58.7 Å². The first kappa shape index (κ1) is 18.2. The number of hydrogen-bond donors (Lipinski definition) is 1. The Kier molecular flexibility index (Phi) is 5.73. The zero-order valence-corrected chi connectivity index (χ0v) is 16.0. The predicted molar refractivity (Wildman–Crippen MR) is 110 cm³/mol. The highest BCUT2D eigenvalue weighted by molar-refractivity contribution is 8.15. The van der Waals surface area contributed by atoms with E-state index in [-0.39, 0.29) is 11.2 Å². The van der Waals surface area contributed by atoms with Crippen LogP contribution in [0.2, 0.25) is 0 Å². The van der Waals surface area contributed by atoms with Gasteiger partial charge in [0.1, 0.15) is 0 Å². The molecule has 1 aliphatic heterocycles. The molecule has 0 saturated carbocycles. The van der Waals surface area contributed by atoms with Crippen molar-refractivity contribution in [1.29, 1.82) is 0 Å². The molecule has 1 atom stereocenters. The van der Waals surface area contributed by atoms with E-state index in [0.717, 1.165) is 16.8 Å². The van der Waals surface area contributed by atoms with Crippen molar-refractivity contribution in [2.75, 3.05) is 19.0 Å². The topological polar surface area (TPSA) is 57.1 Å². The second kappa shape index (κ2) is 8.19. The molecule has 1 N–H and O–H groups in total. The number of amides is 1. The number of carbonyl (C=O) groups is 1. The molecular weight excluding hydrogens is 344 g/mol. The van der Waals surface area contributed by atoms with Crippen molar-refractivity contribution in [3.05, 3.63) is 65.2 Å². The Morgan fingerprint density at radius 2 is 1.81 bits per heavy atom. The molecule has 2 aromatic carbocycles. The summed E-state index contributed by atoms with van der Waals surface area (Å²) in [4.78, 5) is 14.2. The van der Waals surface area contributed by atoms with Crippen LogP contribution < -0.4 is 10.2 Å². The maximum Gasteiger partial charge on any atom is 0.239 e. The largest absolute Gasteiger partial charge is 0.378 e. The van der Waals surface area contributed by atoms with Gasteiger partial charge in [0.25, 0.3) is 0 Å². The Bertz CT molecular complexity index is 826. The average Bonchev–Trinajstić information content (AvgIpc) is 2.97. The molecule has 5 nitrogen and oxygen atoms in total. The van der Waals surface area contributed by atoms with E-state index in [4.69, 9.17) is 0 Å². The van der Waals surface area contributed by atoms with Crippen molar-refractivity contribution in [3.8, 4) is 0 Å². The maximum absolute atomic E-state index is 12.1. The van der Waals surface area contributed by atoms with E-state index < -0.39 is 0 Å². The molecule has 1 aliphatic rings. The first-order valence-electron chi connectivity index (χ1n) is 8.43. The van der Waals surface area contributed by atoms with Gasteiger partial charge < -0.3 is 10.2 Å². The Labute approximate surface area is 158 Å². The molecule has 0 bridgehead atoms. The zero-order valence-electron chi connectivity index (χ0n) is 15.1. The van der Waals surface area contributed by atoms with Crippen molar-refractivity contribution in [2.45, 2.75) is 18.6 Å². The highest BCUT2D eigenvalue weighted by atomic mass is 32.2. The Morgan fingerprint density at radius 3 is 2.46 bits per heavy atom. The molecule has 6 heteroatoms. The van der Waals surface area contributed by atoms with Gasteiger partial charge in [-0.25, -0.2) is 0 Å². The number of carbonyl (C=O) groups excluding carboxylic acids is 1. The van der Waals surface area contributed by atoms with Crippen molar-refractivity contribution < 1.29 is 4.79 Å². The molecule has 26 heavy (non-hydrogen) atoms. The minimum absolute atomic E-state index is 0.0140. The Hall–Kier alpha value is -2.60. The molecule has 0 radical (unpaired) electrons. The normalized spacial score (nSPS) is 18.5.